The summed E-state index contributed by atoms with van der Waals surface area (Å²) in [5, 5.41) is 2.12. The Morgan fingerprint density at radius 3 is 2.55 bits per heavy atom. The Morgan fingerprint density at radius 2 is 1.90 bits per heavy atom. The molecule has 0 saturated carbocycles. The molecule has 5 heteroatoms. The first-order chi connectivity index (χ1) is 13.8. The first kappa shape index (κ1) is 21.6. The van der Waals surface area contributed by atoms with Crippen molar-refractivity contribution in [3.8, 4) is 0 Å². The number of hydrogen-bond acceptors (Lipinski definition) is 3. The maximum absolute atomic E-state index is 13.5. The summed E-state index contributed by atoms with van der Waals surface area (Å²) in [4.78, 5) is 31.4. The van der Waals surface area contributed by atoms with Gasteiger partial charge in [0.05, 0.1) is 6.04 Å². The summed E-state index contributed by atoms with van der Waals surface area (Å²) in [6, 6.07) is 10.4. The van der Waals surface area contributed by atoms with Crippen LogP contribution in [0.1, 0.15) is 61.7 Å². The maximum atomic E-state index is 13.5. The normalized spacial score (nSPS) is 17.2. The van der Waals surface area contributed by atoms with Gasteiger partial charge in [-0.25, -0.2) is 0 Å². The average molecular weight is 413 g/mol. The minimum atomic E-state index is -0.117. The highest BCUT2D eigenvalue weighted by atomic mass is 32.1. The van der Waals surface area contributed by atoms with E-state index in [4.69, 9.17) is 0 Å². The molecule has 1 aliphatic heterocycles. The van der Waals surface area contributed by atoms with E-state index in [0.29, 0.717) is 6.54 Å². The maximum Gasteiger partial charge on any atom is 0.243 e. The Morgan fingerprint density at radius 1 is 1.17 bits per heavy atom. The van der Waals surface area contributed by atoms with Gasteiger partial charge in [-0.1, -0.05) is 45.0 Å². The molecule has 0 bridgehead atoms. The number of carbonyl (C=O) groups is 2. The van der Waals surface area contributed by atoms with Gasteiger partial charge in [0.2, 0.25) is 11.8 Å². The predicted octanol–water partition coefficient (Wildman–Crippen LogP) is 4.81. The van der Waals surface area contributed by atoms with Gasteiger partial charge >= 0.3 is 0 Å². The molecule has 0 saturated heterocycles. The average Bonchev–Trinajstić information content (AvgIpc) is 3.19. The fourth-order valence-corrected chi connectivity index (χ4v) is 4.96. The van der Waals surface area contributed by atoms with Crippen LogP contribution < -0.4 is 0 Å². The van der Waals surface area contributed by atoms with Crippen LogP contribution in [-0.2, 0) is 16.0 Å². The van der Waals surface area contributed by atoms with E-state index in [-0.39, 0.29) is 36.4 Å². The molecule has 4 nitrogen and oxygen atoms in total. The third-order valence-electron chi connectivity index (χ3n) is 5.97. The Hall–Kier alpha value is -2.14. The number of carbonyl (C=O) groups excluding carboxylic acids is 2. The number of nitrogens with zero attached hydrogens (tertiary/aromatic N) is 2. The number of rotatable bonds is 6. The summed E-state index contributed by atoms with van der Waals surface area (Å²) in [6.07, 6.45) is 1.71. The van der Waals surface area contributed by atoms with Crippen LogP contribution in [-0.4, -0.2) is 40.7 Å². The zero-order valence-electron chi connectivity index (χ0n) is 18.1. The van der Waals surface area contributed by atoms with Crippen LogP contribution in [0.15, 0.2) is 35.7 Å². The van der Waals surface area contributed by atoms with E-state index < -0.39 is 0 Å². The van der Waals surface area contributed by atoms with Crippen LogP contribution in [0.3, 0.4) is 0 Å². The predicted molar refractivity (Wildman–Crippen MR) is 119 cm³/mol. The lowest BCUT2D eigenvalue weighted by molar-refractivity contribution is -0.145. The second kappa shape index (κ2) is 9.12. The number of aryl methyl sites for hydroxylation is 1. The third kappa shape index (κ3) is 4.40. The fourth-order valence-electron chi connectivity index (χ4n) is 4.05. The van der Waals surface area contributed by atoms with Crippen molar-refractivity contribution >= 4 is 23.2 Å². The Balaban J connectivity index is 1.94. The van der Waals surface area contributed by atoms with E-state index >= 15 is 0 Å². The first-order valence-corrected chi connectivity index (χ1v) is 11.4. The molecule has 29 heavy (non-hydrogen) atoms. The smallest absolute Gasteiger partial charge is 0.243 e. The molecular formula is C24H32N2O2S. The van der Waals surface area contributed by atoms with Crippen molar-refractivity contribution < 1.29 is 9.59 Å². The molecule has 0 spiro atoms. The first-order valence-electron chi connectivity index (χ1n) is 10.6. The molecule has 3 rings (SSSR count). The lowest BCUT2D eigenvalue weighted by Crippen LogP contribution is -2.50. The minimum Gasteiger partial charge on any atom is -0.330 e. The van der Waals surface area contributed by atoms with Crippen molar-refractivity contribution in [2.75, 3.05) is 13.1 Å². The minimum absolute atomic E-state index is 0.0319. The van der Waals surface area contributed by atoms with Gasteiger partial charge in [-0.05, 0) is 54.8 Å². The van der Waals surface area contributed by atoms with Crippen LogP contribution in [0.4, 0.5) is 0 Å². The van der Waals surface area contributed by atoms with Crippen LogP contribution >= 0.6 is 11.3 Å². The van der Waals surface area contributed by atoms with Gasteiger partial charge in [0.1, 0.15) is 6.54 Å². The van der Waals surface area contributed by atoms with Gasteiger partial charge in [0.25, 0.3) is 0 Å². The zero-order valence-corrected chi connectivity index (χ0v) is 19.0. The fraction of sp³-hybridized carbons (Fsp3) is 0.500. The molecule has 2 amide bonds. The number of amides is 2. The number of thiophene rings is 1. The van der Waals surface area contributed by atoms with Crippen molar-refractivity contribution in [2.45, 2.75) is 59.5 Å². The molecule has 0 N–H and O–H groups in total. The SMILES string of the molecule is CC[C@H](C)N(CC(=O)N1CCc2sccc2[C@H]1c1ccccc1C)C(=O)C(C)C. The van der Waals surface area contributed by atoms with Crippen LogP contribution in [0, 0.1) is 12.8 Å². The number of hydrogen-bond donors (Lipinski definition) is 0. The van der Waals surface area contributed by atoms with E-state index in [1.165, 1.54) is 21.6 Å². The van der Waals surface area contributed by atoms with Crippen molar-refractivity contribution in [2.24, 2.45) is 5.92 Å². The Kier molecular flexibility index (Phi) is 6.78. The highest BCUT2D eigenvalue weighted by Crippen LogP contribution is 2.39. The van der Waals surface area contributed by atoms with E-state index in [1.54, 1.807) is 16.2 Å². The molecule has 0 fully saturated rings. The van der Waals surface area contributed by atoms with Gasteiger partial charge in [-0.15, -0.1) is 11.3 Å². The topological polar surface area (TPSA) is 40.6 Å². The second-order valence-electron chi connectivity index (χ2n) is 8.27. The van der Waals surface area contributed by atoms with Gasteiger partial charge < -0.3 is 9.80 Å². The summed E-state index contributed by atoms with van der Waals surface area (Å²) >= 11 is 1.77. The summed E-state index contributed by atoms with van der Waals surface area (Å²) in [5.41, 5.74) is 3.59. The van der Waals surface area contributed by atoms with Crippen LogP contribution in [0.25, 0.3) is 0 Å². The van der Waals surface area contributed by atoms with Crippen molar-refractivity contribution in [3.05, 3.63) is 57.3 Å². The third-order valence-corrected chi connectivity index (χ3v) is 6.97. The summed E-state index contributed by atoms with van der Waals surface area (Å²) in [7, 11) is 0. The molecule has 2 atom stereocenters. The molecule has 1 aromatic heterocycles. The molecular weight excluding hydrogens is 380 g/mol. The van der Waals surface area contributed by atoms with Crippen LogP contribution in [0.5, 0.6) is 0 Å². The number of benzene rings is 1. The van der Waals surface area contributed by atoms with E-state index in [9.17, 15) is 9.59 Å². The highest BCUT2D eigenvalue weighted by Gasteiger charge is 2.35. The molecule has 2 heterocycles. The molecule has 0 aliphatic carbocycles. The molecule has 1 aliphatic rings. The van der Waals surface area contributed by atoms with Gasteiger partial charge in [-0.2, -0.15) is 0 Å². The number of fused-ring (bicyclic) bond motifs is 1. The summed E-state index contributed by atoms with van der Waals surface area (Å²) in [5.74, 6) is -0.0356. The standard InChI is InChI=1S/C24H32N2O2S/c1-6-18(5)26(24(28)16(2)3)15-22(27)25-13-11-21-20(12-14-29-21)23(25)19-10-8-7-9-17(19)4/h7-10,12,14,16,18,23H,6,11,13,15H2,1-5H3/t18-,23+/m0/s1. The largest absolute Gasteiger partial charge is 0.330 e. The molecule has 0 unspecified atom stereocenters. The van der Waals surface area contributed by atoms with Gasteiger partial charge in [0.15, 0.2) is 0 Å². The van der Waals surface area contributed by atoms with E-state index in [0.717, 1.165) is 12.8 Å². The zero-order chi connectivity index (χ0) is 21.1. The Labute approximate surface area is 178 Å². The van der Waals surface area contributed by atoms with Gasteiger partial charge in [-0.3, -0.25) is 9.59 Å². The quantitative estimate of drug-likeness (QED) is 0.683. The monoisotopic (exact) mass is 412 g/mol. The van der Waals surface area contributed by atoms with Crippen molar-refractivity contribution in [1.82, 2.24) is 9.80 Å². The molecule has 2 aromatic rings. The van der Waals surface area contributed by atoms with E-state index in [1.807, 2.05) is 37.8 Å². The van der Waals surface area contributed by atoms with Crippen molar-refractivity contribution in [3.63, 3.8) is 0 Å². The lowest BCUT2D eigenvalue weighted by atomic mass is 9.90. The lowest BCUT2D eigenvalue weighted by Gasteiger charge is -2.39. The Bertz CT molecular complexity index is 873. The van der Waals surface area contributed by atoms with E-state index in [2.05, 4.69) is 37.4 Å². The van der Waals surface area contributed by atoms with Crippen molar-refractivity contribution in [1.29, 1.82) is 0 Å². The van der Waals surface area contributed by atoms with Gasteiger partial charge in [0, 0.05) is 23.4 Å². The second-order valence-corrected chi connectivity index (χ2v) is 9.27. The molecule has 1 aromatic carbocycles. The molecule has 156 valence electrons. The highest BCUT2D eigenvalue weighted by molar-refractivity contribution is 7.10. The van der Waals surface area contributed by atoms with Crippen LogP contribution in [0.2, 0.25) is 0 Å². The summed E-state index contributed by atoms with van der Waals surface area (Å²) < 4.78 is 0. The molecule has 0 radical (unpaired) electrons. The summed E-state index contributed by atoms with van der Waals surface area (Å²) in [6.45, 7) is 10.8.